The van der Waals surface area contributed by atoms with Gasteiger partial charge in [-0.25, -0.2) is 8.78 Å². The predicted molar refractivity (Wildman–Crippen MR) is 117 cm³/mol. The Labute approximate surface area is 189 Å². The van der Waals surface area contributed by atoms with Crippen LogP contribution in [0.2, 0.25) is 0 Å². The number of halogens is 2. The summed E-state index contributed by atoms with van der Waals surface area (Å²) < 4.78 is 38.7. The molecule has 1 aromatic rings. The van der Waals surface area contributed by atoms with Gasteiger partial charge in [-0.1, -0.05) is 0 Å². The van der Waals surface area contributed by atoms with Gasteiger partial charge in [0.05, 0.1) is 30.4 Å². The zero-order valence-corrected chi connectivity index (χ0v) is 18.5. The number of hydrogen-bond donors (Lipinski definition) is 0. The Morgan fingerprint density at radius 1 is 1.09 bits per heavy atom. The van der Waals surface area contributed by atoms with Gasteiger partial charge in [0.1, 0.15) is 0 Å². The van der Waals surface area contributed by atoms with Gasteiger partial charge in [-0.3, -0.25) is 14.9 Å². The summed E-state index contributed by atoms with van der Waals surface area (Å²) in [6.07, 6.45) is 3.66. The Kier molecular flexibility index (Phi) is 5.43. The summed E-state index contributed by atoms with van der Waals surface area (Å²) in [6.45, 7) is 3.84. The lowest BCUT2D eigenvalue weighted by atomic mass is 9.80. The summed E-state index contributed by atoms with van der Waals surface area (Å²) in [5, 5.41) is 11.3. The van der Waals surface area contributed by atoms with Crippen LogP contribution in [0.25, 0.3) is 5.70 Å². The molecule has 0 atom stereocenters. The van der Waals surface area contributed by atoms with Gasteiger partial charge in [-0.2, -0.15) is 0 Å². The van der Waals surface area contributed by atoms with Crippen LogP contribution in [0.4, 0.5) is 8.78 Å². The van der Waals surface area contributed by atoms with Crippen molar-refractivity contribution in [2.24, 2.45) is 0 Å². The minimum Gasteiger partial charge on any atom is -0.493 e. The van der Waals surface area contributed by atoms with Crippen molar-refractivity contribution in [3.63, 3.8) is 0 Å². The fourth-order valence-corrected chi connectivity index (χ4v) is 4.47. The molecule has 1 aliphatic carbocycles. The van der Waals surface area contributed by atoms with E-state index in [0.29, 0.717) is 29.2 Å². The molecule has 0 bridgehead atoms. The summed E-state index contributed by atoms with van der Waals surface area (Å²) >= 11 is 0. The van der Waals surface area contributed by atoms with Gasteiger partial charge in [-0.15, -0.1) is 0 Å². The first-order chi connectivity index (χ1) is 15.6. The van der Waals surface area contributed by atoms with E-state index in [9.17, 15) is 23.7 Å². The first-order valence-electron chi connectivity index (χ1n) is 10.2. The number of carbonyl (C=O) groups excluding carboxylic acids is 1. The van der Waals surface area contributed by atoms with E-state index < -0.39 is 22.7 Å². The first kappa shape index (κ1) is 22.4. The van der Waals surface area contributed by atoms with E-state index in [1.165, 1.54) is 26.4 Å². The molecular weight excluding hydrogens is 434 g/mol. The third-order valence-corrected chi connectivity index (χ3v) is 5.90. The van der Waals surface area contributed by atoms with Gasteiger partial charge >= 0.3 is 0 Å². The average Bonchev–Trinajstić information content (AvgIpc) is 2.77. The maximum atomic E-state index is 13.9. The molecule has 2 aliphatic heterocycles. The van der Waals surface area contributed by atoms with Crippen LogP contribution in [-0.4, -0.2) is 41.8 Å². The molecule has 0 radical (unpaired) electrons. The predicted octanol–water partition coefficient (Wildman–Crippen LogP) is 4.44. The number of ether oxygens (including phenoxy) is 2. The Morgan fingerprint density at radius 2 is 1.76 bits per heavy atom. The van der Waals surface area contributed by atoms with Crippen molar-refractivity contribution in [2.45, 2.75) is 32.2 Å². The lowest BCUT2D eigenvalue weighted by Crippen LogP contribution is -2.48. The zero-order chi connectivity index (χ0) is 24.1. The topological polar surface area (TPSA) is 81.9 Å². The van der Waals surface area contributed by atoms with E-state index >= 15 is 0 Å². The molecule has 4 rings (SSSR count). The number of alkyl halides is 2. The van der Waals surface area contributed by atoms with Crippen molar-refractivity contribution in [3.05, 3.63) is 86.3 Å². The summed E-state index contributed by atoms with van der Waals surface area (Å²) in [5.41, 5.74) is 0.954. The van der Waals surface area contributed by atoms with Gasteiger partial charge in [0.15, 0.2) is 17.3 Å². The van der Waals surface area contributed by atoms with E-state index in [1.54, 1.807) is 11.0 Å². The number of nitrogens with zero attached hydrogens (tertiary/aromatic N) is 2. The van der Waals surface area contributed by atoms with E-state index in [2.05, 4.69) is 0 Å². The molecular formula is C24H22F2N2O5. The number of carbonyl (C=O) groups is 1. The van der Waals surface area contributed by atoms with Crippen LogP contribution >= 0.6 is 0 Å². The monoisotopic (exact) mass is 456 g/mol. The van der Waals surface area contributed by atoms with Crippen molar-refractivity contribution in [1.82, 2.24) is 4.90 Å². The molecule has 1 aromatic carbocycles. The number of rotatable bonds is 4. The number of nitro groups is 1. The van der Waals surface area contributed by atoms with Gasteiger partial charge in [0.2, 0.25) is 0 Å². The van der Waals surface area contributed by atoms with Crippen molar-refractivity contribution < 1.29 is 28.0 Å². The van der Waals surface area contributed by atoms with Crippen LogP contribution in [-0.2, 0) is 11.2 Å². The van der Waals surface area contributed by atoms with Crippen molar-refractivity contribution in [1.29, 1.82) is 0 Å². The minimum absolute atomic E-state index is 0.00930. The van der Waals surface area contributed by atoms with Gasteiger partial charge < -0.3 is 14.4 Å². The smallest absolute Gasteiger partial charge is 0.270 e. The number of ketones is 1. The van der Waals surface area contributed by atoms with Gasteiger partial charge in [0, 0.05) is 34.5 Å². The van der Waals surface area contributed by atoms with Crippen LogP contribution in [0.5, 0.6) is 11.5 Å². The second-order valence-electron chi connectivity index (χ2n) is 8.49. The standard InChI is InChI=1S/C24H22F2N2O5/c1-24(2)12-14-9-21(32-3)22(33-4)11-16(14)18-7-13(23(25)26)8-19(27(18)24)17-10-15(28(30)31)5-6-20(17)29/h5-11,23H,12H2,1-4H3/b19-17+. The highest BCUT2D eigenvalue weighted by Gasteiger charge is 2.42. The van der Waals surface area contributed by atoms with Crippen LogP contribution in [0.1, 0.15) is 25.0 Å². The molecule has 0 unspecified atom stereocenters. The second kappa shape index (κ2) is 7.99. The molecule has 0 N–H and O–H groups in total. The number of allylic oxidation sites excluding steroid dienone is 7. The number of hydrogen-bond acceptors (Lipinski definition) is 6. The summed E-state index contributed by atoms with van der Waals surface area (Å²) in [7, 11) is 3.00. The normalized spacial score (nSPS) is 21.1. The SMILES string of the molecule is COc1cc2c(cc1OC)C1=CC(C(F)F)=C/C(=C3/C=C([N+](=O)[O-])C=CC3=O)N1C(C)(C)C2. The molecule has 0 aromatic heterocycles. The van der Waals surface area contributed by atoms with Gasteiger partial charge in [-0.05, 0) is 56.2 Å². The van der Waals surface area contributed by atoms with Gasteiger partial charge in [0.25, 0.3) is 12.1 Å². The summed E-state index contributed by atoms with van der Waals surface area (Å²) in [6, 6.07) is 3.54. The maximum Gasteiger partial charge on any atom is 0.270 e. The van der Waals surface area contributed by atoms with Crippen molar-refractivity contribution in [3.8, 4) is 11.5 Å². The van der Waals surface area contributed by atoms with Crippen molar-refractivity contribution in [2.75, 3.05) is 14.2 Å². The molecule has 7 nitrogen and oxygen atoms in total. The fraction of sp³-hybridized carbons (Fsp3) is 0.292. The first-order valence-corrected chi connectivity index (χ1v) is 10.2. The Morgan fingerprint density at radius 3 is 2.36 bits per heavy atom. The third-order valence-electron chi connectivity index (χ3n) is 5.90. The molecule has 0 amide bonds. The van der Waals surface area contributed by atoms with E-state index in [1.807, 2.05) is 19.9 Å². The van der Waals surface area contributed by atoms with Crippen LogP contribution in [0, 0.1) is 10.1 Å². The highest BCUT2D eigenvalue weighted by molar-refractivity contribution is 6.08. The summed E-state index contributed by atoms with van der Waals surface area (Å²) in [5.74, 6) is 0.466. The molecule has 0 spiro atoms. The zero-order valence-electron chi connectivity index (χ0n) is 18.5. The molecule has 9 heteroatoms. The third kappa shape index (κ3) is 3.73. The van der Waals surface area contributed by atoms with E-state index in [4.69, 9.17) is 9.47 Å². The lowest BCUT2D eigenvalue weighted by molar-refractivity contribution is -0.419. The van der Waals surface area contributed by atoms with Crippen LogP contribution in [0.15, 0.2) is 65.1 Å². The molecule has 0 fully saturated rings. The second-order valence-corrected chi connectivity index (χ2v) is 8.49. The lowest BCUT2D eigenvalue weighted by Gasteiger charge is -2.49. The highest BCUT2D eigenvalue weighted by Crippen LogP contribution is 2.48. The summed E-state index contributed by atoms with van der Waals surface area (Å²) in [4.78, 5) is 25.3. The van der Waals surface area contributed by atoms with Crippen LogP contribution < -0.4 is 9.47 Å². The number of benzene rings is 1. The Hall–Kier alpha value is -3.75. The number of methoxy groups -OCH3 is 2. The average molecular weight is 456 g/mol. The van der Waals surface area contributed by atoms with Crippen molar-refractivity contribution >= 4 is 11.5 Å². The van der Waals surface area contributed by atoms with Crippen LogP contribution in [0.3, 0.4) is 0 Å². The quantitative estimate of drug-likeness (QED) is 0.379. The molecule has 172 valence electrons. The molecule has 0 saturated heterocycles. The van der Waals surface area contributed by atoms with E-state index in [-0.39, 0.29) is 22.5 Å². The molecule has 3 aliphatic rings. The maximum absolute atomic E-state index is 13.9. The fourth-order valence-electron chi connectivity index (χ4n) is 4.47. The minimum atomic E-state index is -2.81. The molecule has 2 heterocycles. The Bertz CT molecular complexity index is 1220. The highest BCUT2D eigenvalue weighted by atomic mass is 19.3. The number of fused-ring (bicyclic) bond motifs is 3. The largest absolute Gasteiger partial charge is 0.493 e. The Balaban J connectivity index is 2.02. The molecule has 0 saturated carbocycles. The molecule has 33 heavy (non-hydrogen) atoms. The van der Waals surface area contributed by atoms with E-state index in [0.717, 1.165) is 23.8 Å².